The first-order valence-electron chi connectivity index (χ1n) is 53.9. The molecule has 0 bridgehead atoms. The number of ether oxygens (including phenoxy) is 1. The van der Waals surface area contributed by atoms with Crippen LogP contribution in [0.3, 0.4) is 0 Å². The number of hydrogen-bond donors (Lipinski definition) is 2. The van der Waals surface area contributed by atoms with Gasteiger partial charge < -0.3 is 14.9 Å². The first-order valence-corrected chi connectivity index (χ1v) is 53.9. The summed E-state index contributed by atoms with van der Waals surface area (Å²) in [6.07, 6.45) is 110. The van der Waals surface area contributed by atoms with Crippen molar-refractivity contribution >= 4 is 17.9 Å². The summed E-state index contributed by atoms with van der Waals surface area (Å²) in [6.45, 7) is 42.7. The molecule has 0 aromatic heterocycles. The Morgan fingerprint density at radius 3 is 0.500 bits per heavy atom. The summed E-state index contributed by atoms with van der Waals surface area (Å²) < 4.78 is 7.48. The number of carboxylic acids is 2. The average molecular weight is 1640 g/mol. The number of unbranched alkanes of at least 4 members (excludes halogenated alkanes) is 51. The van der Waals surface area contributed by atoms with Gasteiger partial charge in [-0.1, -0.05) is 528 Å². The van der Waals surface area contributed by atoms with Crippen LogP contribution in [0.15, 0.2) is 0 Å². The Balaban J connectivity index is -0.0000152. The highest BCUT2D eigenvalue weighted by Gasteiger charge is 2.77. The molecule has 0 fully saturated rings. The van der Waals surface area contributed by atoms with Crippen molar-refractivity contribution in [3.05, 3.63) is 0 Å². The van der Waals surface area contributed by atoms with Crippen LogP contribution in [0.2, 0.25) is 0 Å². The third kappa shape index (κ3) is 46.9. The lowest BCUT2D eigenvalue weighted by Crippen LogP contribution is -2.71. The number of carbonyl (C=O) groups excluding carboxylic acids is 1. The highest BCUT2D eigenvalue weighted by Crippen LogP contribution is 2.83. The summed E-state index contributed by atoms with van der Waals surface area (Å²) in [5.74, 6) is -1.33. The Morgan fingerprint density at radius 2 is 0.310 bits per heavy atom. The molecule has 0 aliphatic carbocycles. The van der Waals surface area contributed by atoms with Crippen LogP contribution < -0.4 is 0 Å². The fourth-order valence-corrected chi connectivity index (χ4v) is 24.1. The first-order chi connectivity index (χ1) is 56.4. The molecule has 0 aromatic rings. The molecule has 2 N–H and O–H groups in total. The van der Waals surface area contributed by atoms with Crippen molar-refractivity contribution in [2.75, 3.05) is 6.61 Å². The van der Waals surface area contributed by atoms with E-state index in [-0.39, 0.29) is 32.5 Å². The van der Waals surface area contributed by atoms with Crippen molar-refractivity contribution in [1.29, 1.82) is 0 Å². The molecule has 1 atom stereocenters. The number of carboxylic acid groups (broad SMARTS) is 2. The predicted molar refractivity (Wildman–Crippen MR) is 519 cm³/mol. The summed E-state index contributed by atoms with van der Waals surface area (Å²) in [7, 11) is 0. The molecule has 0 spiro atoms. The van der Waals surface area contributed by atoms with Gasteiger partial charge in [-0.05, 0) is 136 Å². The van der Waals surface area contributed by atoms with Crippen LogP contribution in [0.1, 0.15) is 645 Å². The molecular weight excluding hydrogens is 1420 g/mol. The lowest BCUT2D eigenvalue weighted by molar-refractivity contribution is -0.293. The Labute approximate surface area is 732 Å². The molecular formula is C110H220O6. The number of aliphatic carboxylic acids is 2. The van der Waals surface area contributed by atoms with Crippen molar-refractivity contribution in [3.63, 3.8) is 0 Å². The normalized spacial score (nSPS) is 12.9. The van der Waals surface area contributed by atoms with E-state index in [0.717, 1.165) is 26.7 Å². The van der Waals surface area contributed by atoms with E-state index in [1.54, 1.807) is 0 Å². The second-order valence-corrected chi connectivity index (χ2v) is 38.8. The minimum absolute atomic E-state index is 0.0177. The van der Waals surface area contributed by atoms with Crippen LogP contribution >= 0.6 is 0 Å². The van der Waals surface area contributed by atoms with Gasteiger partial charge in [-0.3, -0.25) is 14.4 Å². The molecule has 6 nitrogen and oxygen atoms in total. The predicted octanol–water partition coefficient (Wildman–Crippen LogP) is 39.5. The van der Waals surface area contributed by atoms with E-state index < -0.39 is 17.4 Å². The molecule has 0 rings (SSSR count). The average Bonchev–Trinajstić information content (AvgIpc) is 0.659. The largest absolute Gasteiger partial charge is 0.481 e. The minimum atomic E-state index is -0.833. The first kappa shape index (κ1) is 119. The highest BCUT2D eigenvalue weighted by molar-refractivity contribution is 5.78. The Kier molecular flexibility index (Phi) is 83.5. The summed E-state index contributed by atoms with van der Waals surface area (Å²) in [5, 5.41) is 14.8. The smallest absolute Gasteiger partial charge is 0.312 e. The molecule has 0 saturated heterocycles. The van der Waals surface area contributed by atoms with Crippen LogP contribution in [-0.4, -0.2) is 34.7 Å². The van der Waals surface area contributed by atoms with Gasteiger partial charge in [0.25, 0.3) is 11.9 Å². The fraction of sp³-hybridized carbons (Fsp3) is 0.973. The van der Waals surface area contributed by atoms with E-state index in [0.29, 0.717) is 12.6 Å². The Bertz CT molecular complexity index is 1950. The summed E-state index contributed by atoms with van der Waals surface area (Å²) in [4.78, 5) is 36.2. The van der Waals surface area contributed by atoms with Gasteiger partial charge in [0.2, 0.25) is 0 Å². The highest BCUT2D eigenvalue weighted by atomic mass is 16.5. The molecule has 6 heteroatoms. The zero-order valence-electron chi connectivity index (χ0n) is 83.5. The van der Waals surface area contributed by atoms with Gasteiger partial charge in [0.15, 0.2) is 0 Å². The standard InChI is InChI=1S/C106H212O2.2C2H4O2/c1-17-33-48-63-64-65-66-67-68-73-88-101(99(107)108-32-16,87-72-52-37-21-5)103(91-76-55-40-24-8,92-77-56-41-25-9)105(95-80-59-44-28-12,96-81-60-45-29-13)106(97-82-61-46-30-14,98-83-62-47-31-15)104(93-78-57-42-26-10,94-79-58-43-27-11)102(89-74-53-38-22-6,90-75-54-39-23-7)100(84-69-49-34-18-2,85-70-50-35-19-3)86-71-51-36-20-4;2*1-2(3)4/h17-98H2,1-16H3;2*1H3,(H,3,4). The molecule has 0 radical (unpaired) electrons. The van der Waals surface area contributed by atoms with E-state index in [4.69, 9.17) is 24.5 Å². The van der Waals surface area contributed by atoms with E-state index in [1.807, 2.05) is 0 Å². The molecule has 1 unspecified atom stereocenters. The monoisotopic (exact) mass is 1640 g/mol. The lowest BCUT2D eigenvalue weighted by Gasteiger charge is -2.77. The van der Waals surface area contributed by atoms with Crippen molar-refractivity contribution in [2.45, 2.75) is 645 Å². The van der Waals surface area contributed by atoms with Gasteiger partial charge >= 0.3 is 5.97 Å². The van der Waals surface area contributed by atoms with Crippen molar-refractivity contribution in [3.8, 4) is 0 Å². The maximum absolute atomic E-state index is 18.2. The third-order valence-corrected chi connectivity index (χ3v) is 29.8. The second-order valence-electron chi connectivity index (χ2n) is 38.8. The van der Waals surface area contributed by atoms with Gasteiger partial charge in [-0.15, -0.1) is 0 Å². The van der Waals surface area contributed by atoms with Crippen LogP contribution in [-0.2, 0) is 19.1 Å². The molecule has 696 valence electrons. The lowest BCUT2D eigenvalue weighted by atomic mass is 9.26. The zero-order chi connectivity index (χ0) is 86.9. The van der Waals surface area contributed by atoms with Crippen LogP contribution in [0.25, 0.3) is 0 Å². The van der Waals surface area contributed by atoms with Gasteiger partial charge in [0, 0.05) is 13.8 Å². The number of hydrogen-bond acceptors (Lipinski definition) is 4. The molecule has 0 saturated carbocycles. The maximum atomic E-state index is 18.2. The van der Waals surface area contributed by atoms with Gasteiger partial charge in [0.05, 0.1) is 12.0 Å². The van der Waals surface area contributed by atoms with E-state index >= 15 is 4.79 Å². The second kappa shape index (κ2) is 81.7. The SMILES string of the molecule is CC(=O)O.CC(=O)O.CCCCCCCCCCCCC(CCCCCC)(C(=O)OCC)C(CCCCCC)(CCCCCC)C(CCCCCC)(CCCCCC)C(CCCCCC)(CCCCCC)C(CCCCCC)(CCCCCC)C(CCCCCC)(CCCCCC)C(CCCCCC)(CCCCCC)CCCCCC. The minimum Gasteiger partial charge on any atom is -0.481 e. The quantitative estimate of drug-likeness (QED) is 0.0465. The van der Waals surface area contributed by atoms with E-state index in [9.17, 15) is 0 Å². The van der Waals surface area contributed by atoms with E-state index in [1.165, 1.54) is 507 Å². The molecule has 0 aliphatic rings. The van der Waals surface area contributed by atoms with Crippen molar-refractivity contribution in [2.24, 2.45) is 37.9 Å². The summed E-state index contributed by atoms with van der Waals surface area (Å²) in [6, 6.07) is 0. The molecule has 0 aromatic carbocycles. The number of carbonyl (C=O) groups is 3. The van der Waals surface area contributed by atoms with Crippen molar-refractivity contribution in [1.82, 2.24) is 0 Å². The topological polar surface area (TPSA) is 101 Å². The molecule has 116 heavy (non-hydrogen) atoms. The third-order valence-electron chi connectivity index (χ3n) is 29.8. The Hall–Kier alpha value is -1.59. The van der Waals surface area contributed by atoms with Crippen molar-refractivity contribution < 1.29 is 29.3 Å². The molecule has 0 heterocycles. The van der Waals surface area contributed by atoms with Crippen LogP contribution in [0.5, 0.6) is 0 Å². The Morgan fingerprint density at radius 1 is 0.181 bits per heavy atom. The van der Waals surface area contributed by atoms with E-state index in [2.05, 4.69) is 111 Å². The van der Waals surface area contributed by atoms with Crippen LogP contribution in [0, 0.1) is 37.9 Å². The summed E-state index contributed by atoms with van der Waals surface area (Å²) in [5.41, 5.74) is -0.312. The van der Waals surface area contributed by atoms with Gasteiger partial charge in [-0.2, -0.15) is 0 Å². The molecule has 0 aliphatic heterocycles. The number of rotatable bonds is 89. The molecule has 0 amide bonds. The van der Waals surface area contributed by atoms with Gasteiger partial charge in [0.1, 0.15) is 0 Å². The summed E-state index contributed by atoms with van der Waals surface area (Å²) >= 11 is 0. The fourth-order valence-electron chi connectivity index (χ4n) is 24.1. The van der Waals surface area contributed by atoms with Crippen LogP contribution in [0.4, 0.5) is 0 Å². The zero-order valence-corrected chi connectivity index (χ0v) is 83.5. The number of esters is 1. The maximum Gasteiger partial charge on any atom is 0.312 e. The van der Waals surface area contributed by atoms with Gasteiger partial charge in [-0.25, -0.2) is 0 Å².